The predicted octanol–water partition coefficient (Wildman–Crippen LogP) is 3.36. The summed E-state index contributed by atoms with van der Waals surface area (Å²) in [4.78, 5) is 0. The second-order valence-corrected chi connectivity index (χ2v) is 9.07. The Bertz CT molecular complexity index is 832. The molecular weight excluding hydrogens is 377 g/mol. The quantitative estimate of drug-likeness (QED) is 0.727. The van der Waals surface area contributed by atoms with Crippen LogP contribution in [0.5, 0.6) is 0 Å². The van der Waals surface area contributed by atoms with Crippen LogP contribution in [0.2, 0.25) is 0 Å². The van der Waals surface area contributed by atoms with Crippen molar-refractivity contribution in [3.05, 3.63) is 41.3 Å². The lowest BCUT2D eigenvalue weighted by Gasteiger charge is -2.06. The van der Waals surface area contributed by atoms with Gasteiger partial charge in [-0.3, -0.25) is 0 Å². The minimum absolute atomic E-state index is 0.00165. The van der Waals surface area contributed by atoms with Crippen molar-refractivity contribution in [3.8, 4) is 0 Å². The van der Waals surface area contributed by atoms with Gasteiger partial charge in [-0.2, -0.15) is 13.2 Å². The van der Waals surface area contributed by atoms with Gasteiger partial charge in [0.15, 0.2) is 9.84 Å². The van der Waals surface area contributed by atoms with Gasteiger partial charge in [-0.05, 0) is 30.0 Å². The fourth-order valence-corrected chi connectivity index (χ4v) is 5.19. The van der Waals surface area contributed by atoms with E-state index in [-0.39, 0.29) is 17.4 Å². The summed E-state index contributed by atoms with van der Waals surface area (Å²) in [6.07, 6.45) is -3.33. The molecule has 1 aliphatic heterocycles. The highest BCUT2D eigenvalue weighted by Crippen LogP contribution is 2.30. The Morgan fingerprint density at radius 2 is 1.92 bits per heavy atom. The maximum Gasteiger partial charge on any atom is 0.416 e. The van der Waals surface area contributed by atoms with Crippen LogP contribution in [-0.2, 0) is 28.2 Å². The van der Waals surface area contributed by atoms with Gasteiger partial charge in [0.2, 0.25) is 5.89 Å². The maximum absolute atomic E-state index is 12.5. The highest BCUT2D eigenvalue weighted by molar-refractivity contribution is 7.98. The number of nitrogens with zero attached hydrogens (tertiary/aromatic N) is 2. The van der Waals surface area contributed by atoms with E-state index in [2.05, 4.69) is 10.2 Å². The molecule has 5 nitrogen and oxygen atoms in total. The first kappa shape index (κ1) is 18.2. The fraction of sp³-hybridized carbons (Fsp3) is 0.467. The zero-order valence-electron chi connectivity index (χ0n) is 13.0. The van der Waals surface area contributed by atoms with Crippen LogP contribution in [0.3, 0.4) is 0 Å². The van der Waals surface area contributed by atoms with Crippen molar-refractivity contribution in [3.63, 3.8) is 0 Å². The van der Waals surface area contributed by atoms with Crippen LogP contribution < -0.4 is 0 Å². The number of rotatable bonds is 5. The van der Waals surface area contributed by atoms with Gasteiger partial charge in [0.05, 0.1) is 17.1 Å². The molecule has 0 spiro atoms. The molecule has 1 unspecified atom stereocenters. The summed E-state index contributed by atoms with van der Waals surface area (Å²) in [7, 11) is -2.94. The SMILES string of the molecule is O=S1(=O)CCC(Cc2nnc(SCc3ccc(C(F)(F)F)cc3)o2)C1. The molecule has 136 valence electrons. The number of halogens is 3. The molecular formula is C15H15F3N2O3S2. The molecule has 1 saturated heterocycles. The highest BCUT2D eigenvalue weighted by Gasteiger charge is 2.30. The number of alkyl halides is 3. The Hall–Kier alpha value is -1.55. The number of hydrogen-bond donors (Lipinski definition) is 0. The molecule has 2 heterocycles. The molecule has 10 heteroatoms. The third-order valence-corrected chi connectivity index (χ3v) is 6.61. The van der Waals surface area contributed by atoms with Crippen LogP contribution in [0.4, 0.5) is 13.2 Å². The largest absolute Gasteiger partial charge is 0.416 e. The molecule has 1 fully saturated rings. The lowest BCUT2D eigenvalue weighted by Crippen LogP contribution is -2.07. The molecule has 0 amide bonds. The van der Waals surface area contributed by atoms with Gasteiger partial charge >= 0.3 is 6.18 Å². The number of sulfone groups is 1. The van der Waals surface area contributed by atoms with Crippen molar-refractivity contribution in [1.82, 2.24) is 10.2 Å². The average Bonchev–Trinajstić information content (AvgIpc) is 3.11. The monoisotopic (exact) mass is 392 g/mol. The average molecular weight is 392 g/mol. The Morgan fingerprint density at radius 1 is 1.20 bits per heavy atom. The first-order valence-electron chi connectivity index (χ1n) is 7.53. The van der Waals surface area contributed by atoms with Gasteiger partial charge in [0.1, 0.15) is 0 Å². The van der Waals surface area contributed by atoms with Crippen LogP contribution in [-0.4, -0.2) is 30.1 Å². The third-order valence-electron chi connectivity index (χ3n) is 3.88. The van der Waals surface area contributed by atoms with Crippen LogP contribution in [0.25, 0.3) is 0 Å². The van der Waals surface area contributed by atoms with Gasteiger partial charge in [0, 0.05) is 12.2 Å². The van der Waals surface area contributed by atoms with Gasteiger partial charge in [-0.15, -0.1) is 10.2 Å². The van der Waals surface area contributed by atoms with Crippen molar-refractivity contribution < 1.29 is 26.0 Å². The smallest absolute Gasteiger partial charge is 0.416 e. The molecule has 0 bridgehead atoms. The molecule has 0 radical (unpaired) electrons. The zero-order chi connectivity index (χ0) is 18.1. The van der Waals surface area contributed by atoms with E-state index in [4.69, 9.17) is 4.42 Å². The van der Waals surface area contributed by atoms with E-state index in [9.17, 15) is 21.6 Å². The number of hydrogen-bond acceptors (Lipinski definition) is 6. The van der Waals surface area contributed by atoms with E-state index in [1.807, 2.05) is 0 Å². The molecule has 1 aliphatic rings. The number of aromatic nitrogens is 2. The van der Waals surface area contributed by atoms with Gasteiger partial charge < -0.3 is 4.42 Å². The summed E-state index contributed by atoms with van der Waals surface area (Å²) in [5.41, 5.74) is 0.0208. The molecule has 1 aromatic carbocycles. The van der Waals surface area contributed by atoms with Crippen LogP contribution in [0, 0.1) is 5.92 Å². The lowest BCUT2D eigenvalue weighted by molar-refractivity contribution is -0.137. The van der Waals surface area contributed by atoms with Gasteiger partial charge in [0.25, 0.3) is 5.22 Å². The van der Waals surface area contributed by atoms with Crippen LogP contribution in [0.1, 0.15) is 23.4 Å². The molecule has 0 N–H and O–H groups in total. The van der Waals surface area contributed by atoms with Gasteiger partial charge in [-0.1, -0.05) is 23.9 Å². The summed E-state index contributed by atoms with van der Waals surface area (Å²) in [5, 5.41) is 8.10. The first-order chi connectivity index (χ1) is 11.7. The van der Waals surface area contributed by atoms with Crippen molar-refractivity contribution >= 4 is 21.6 Å². The van der Waals surface area contributed by atoms with E-state index >= 15 is 0 Å². The van der Waals surface area contributed by atoms with Crippen molar-refractivity contribution in [2.24, 2.45) is 5.92 Å². The topological polar surface area (TPSA) is 73.1 Å². The van der Waals surface area contributed by atoms with Crippen molar-refractivity contribution in [1.29, 1.82) is 0 Å². The second kappa shape index (κ2) is 6.99. The Kier molecular flexibility index (Phi) is 5.10. The number of thioether (sulfide) groups is 1. The standard InChI is InChI=1S/C15H15F3N2O3S2/c16-15(17,18)12-3-1-10(2-4-12)8-24-14-20-19-13(23-14)7-11-5-6-25(21,22)9-11/h1-4,11H,5-9H2. The Balaban J connectivity index is 1.53. The molecule has 1 aromatic heterocycles. The minimum Gasteiger partial charge on any atom is -0.416 e. The predicted molar refractivity (Wildman–Crippen MR) is 85.8 cm³/mol. The van der Waals surface area contributed by atoms with E-state index in [0.717, 1.165) is 12.1 Å². The zero-order valence-corrected chi connectivity index (χ0v) is 14.6. The fourth-order valence-electron chi connectivity index (χ4n) is 2.59. The van der Waals surface area contributed by atoms with E-state index in [1.54, 1.807) is 0 Å². The van der Waals surface area contributed by atoms with Crippen LogP contribution >= 0.6 is 11.8 Å². The molecule has 0 aliphatic carbocycles. The molecule has 1 atom stereocenters. The van der Waals surface area contributed by atoms with Crippen molar-refractivity contribution in [2.75, 3.05) is 11.5 Å². The summed E-state index contributed by atoms with van der Waals surface area (Å²) in [5.74, 6) is 1.12. The summed E-state index contributed by atoms with van der Waals surface area (Å²) >= 11 is 1.23. The molecule has 25 heavy (non-hydrogen) atoms. The van der Waals surface area contributed by atoms with Gasteiger partial charge in [-0.25, -0.2) is 8.42 Å². The molecule has 2 aromatic rings. The normalized spacial score (nSPS) is 20.0. The second-order valence-electron chi connectivity index (χ2n) is 5.92. The minimum atomic E-state index is -4.35. The molecule has 0 saturated carbocycles. The van der Waals surface area contributed by atoms with E-state index < -0.39 is 21.6 Å². The van der Waals surface area contributed by atoms with Crippen LogP contribution in [0.15, 0.2) is 33.9 Å². The first-order valence-corrected chi connectivity index (χ1v) is 10.3. The lowest BCUT2D eigenvalue weighted by atomic mass is 10.1. The highest BCUT2D eigenvalue weighted by atomic mass is 32.2. The third kappa shape index (κ3) is 4.97. The molecule has 3 rings (SSSR count). The number of benzene rings is 1. The summed E-state index contributed by atoms with van der Waals surface area (Å²) in [6.45, 7) is 0. The Labute approximate surface area is 146 Å². The summed E-state index contributed by atoms with van der Waals surface area (Å²) < 4.78 is 65.9. The van der Waals surface area contributed by atoms with Crippen molar-refractivity contribution in [2.45, 2.75) is 30.0 Å². The summed E-state index contributed by atoms with van der Waals surface area (Å²) in [6, 6.07) is 4.90. The Morgan fingerprint density at radius 3 is 2.52 bits per heavy atom. The van der Waals surface area contributed by atoms with E-state index in [1.165, 1.54) is 23.9 Å². The maximum atomic E-state index is 12.5. The van der Waals surface area contributed by atoms with E-state index in [0.29, 0.717) is 35.3 Å².